The van der Waals surface area contributed by atoms with Crippen LogP contribution in [0.2, 0.25) is 0 Å². The molecule has 1 aliphatic rings. The minimum atomic E-state index is 0.828. The van der Waals surface area contributed by atoms with E-state index in [1.165, 1.54) is 16.3 Å². The van der Waals surface area contributed by atoms with E-state index in [-0.39, 0.29) is 0 Å². The molecule has 112 valence electrons. The van der Waals surface area contributed by atoms with Gasteiger partial charge in [0.25, 0.3) is 0 Å². The standard InChI is InChI=1S/C16H21N3OS/c1-13-16(21-12-18-13)6-7-17-14-2-4-15(5-3-14)19-8-10-20-11-9-19/h2-5,12,17H,6-11H2,1H3. The van der Waals surface area contributed by atoms with E-state index in [0.717, 1.165) is 45.0 Å². The highest BCUT2D eigenvalue weighted by Gasteiger charge is 2.10. The second kappa shape index (κ2) is 6.91. The largest absolute Gasteiger partial charge is 0.385 e. The highest BCUT2D eigenvalue weighted by molar-refractivity contribution is 7.09. The van der Waals surface area contributed by atoms with Gasteiger partial charge in [-0.2, -0.15) is 0 Å². The highest BCUT2D eigenvalue weighted by Crippen LogP contribution is 2.19. The zero-order valence-corrected chi connectivity index (χ0v) is 13.2. The van der Waals surface area contributed by atoms with Crippen molar-refractivity contribution in [3.8, 4) is 0 Å². The van der Waals surface area contributed by atoms with Crippen molar-refractivity contribution < 1.29 is 4.74 Å². The fourth-order valence-electron chi connectivity index (χ4n) is 2.50. The van der Waals surface area contributed by atoms with Crippen molar-refractivity contribution in [3.05, 3.63) is 40.3 Å². The van der Waals surface area contributed by atoms with Crippen molar-refractivity contribution in [1.29, 1.82) is 0 Å². The van der Waals surface area contributed by atoms with Gasteiger partial charge in [0, 0.05) is 42.3 Å². The normalized spacial score (nSPS) is 15.2. The van der Waals surface area contributed by atoms with Gasteiger partial charge in [0.15, 0.2) is 0 Å². The summed E-state index contributed by atoms with van der Waals surface area (Å²) in [4.78, 5) is 8.02. The molecule has 0 spiro atoms. The first-order chi connectivity index (χ1) is 10.3. The Morgan fingerprint density at radius 1 is 1.24 bits per heavy atom. The third kappa shape index (κ3) is 3.74. The number of aromatic nitrogens is 1. The number of nitrogens with one attached hydrogen (secondary N) is 1. The van der Waals surface area contributed by atoms with Crippen LogP contribution in [0.1, 0.15) is 10.6 Å². The zero-order chi connectivity index (χ0) is 14.5. The summed E-state index contributed by atoms with van der Waals surface area (Å²) in [5.41, 5.74) is 5.53. The van der Waals surface area contributed by atoms with E-state index in [9.17, 15) is 0 Å². The molecule has 1 aromatic carbocycles. The molecule has 5 heteroatoms. The molecule has 1 aromatic heterocycles. The zero-order valence-electron chi connectivity index (χ0n) is 12.3. The van der Waals surface area contributed by atoms with Gasteiger partial charge in [0.05, 0.1) is 24.4 Å². The Hall–Kier alpha value is -1.59. The summed E-state index contributed by atoms with van der Waals surface area (Å²) >= 11 is 1.74. The lowest BCUT2D eigenvalue weighted by molar-refractivity contribution is 0.122. The molecule has 1 N–H and O–H groups in total. The molecule has 0 aliphatic carbocycles. The molecule has 21 heavy (non-hydrogen) atoms. The molecule has 0 bridgehead atoms. The average Bonchev–Trinajstić information content (AvgIpc) is 2.94. The number of ether oxygens (including phenoxy) is 1. The smallest absolute Gasteiger partial charge is 0.0797 e. The summed E-state index contributed by atoms with van der Waals surface area (Å²) < 4.78 is 5.38. The van der Waals surface area contributed by atoms with Crippen LogP contribution in [-0.2, 0) is 11.2 Å². The van der Waals surface area contributed by atoms with Gasteiger partial charge in [-0.25, -0.2) is 4.98 Å². The van der Waals surface area contributed by atoms with Crippen LogP contribution in [0.15, 0.2) is 29.8 Å². The highest BCUT2D eigenvalue weighted by atomic mass is 32.1. The molecule has 3 rings (SSSR count). The summed E-state index contributed by atoms with van der Waals surface area (Å²) in [5, 5.41) is 3.48. The molecular weight excluding hydrogens is 282 g/mol. The van der Waals surface area contributed by atoms with E-state index in [1.54, 1.807) is 11.3 Å². The Balaban J connectivity index is 1.51. The van der Waals surface area contributed by atoms with Crippen LogP contribution in [0.25, 0.3) is 0 Å². The van der Waals surface area contributed by atoms with E-state index in [2.05, 4.69) is 46.4 Å². The van der Waals surface area contributed by atoms with Crippen molar-refractivity contribution in [2.75, 3.05) is 43.1 Å². The Morgan fingerprint density at radius 2 is 2.00 bits per heavy atom. The number of benzene rings is 1. The molecule has 0 amide bonds. The van der Waals surface area contributed by atoms with Gasteiger partial charge in [0.1, 0.15) is 0 Å². The fourth-order valence-corrected chi connectivity index (χ4v) is 3.28. The van der Waals surface area contributed by atoms with E-state index in [1.807, 2.05) is 5.51 Å². The Labute approximate surface area is 129 Å². The molecule has 1 saturated heterocycles. The van der Waals surface area contributed by atoms with Gasteiger partial charge < -0.3 is 15.0 Å². The summed E-state index contributed by atoms with van der Waals surface area (Å²) in [6.07, 6.45) is 1.03. The first-order valence-corrected chi connectivity index (χ1v) is 8.26. The number of hydrogen-bond donors (Lipinski definition) is 1. The summed E-state index contributed by atoms with van der Waals surface area (Å²) in [7, 11) is 0. The Bertz CT molecular complexity index is 561. The molecular formula is C16H21N3OS. The lowest BCUT2D eigenvalue weighted by Gasteiger charge is -2.28. The minimum Gasteiger partial charge on any atom is -0.385 e. The third-order valence-electron chi connectivity index (χ3n) is 3.77. The third-order valence-corrected chi connectivity index (χ3v) is 4.76. The summed E-state index contributed by atoms with van der Waals surface area (Å²) in [6.45, 7) is 6.64. The van der Waals surface area contributed by atoms with Crippen LogP contribution in [0.4, 0.5) is 11.4 Å². The molecule has 2 heterocycles. The van der Waals surface area contributed by atoms with Gasteiger partial charge >= 0.3 is 0 Å². The van der Waals surface area contributed by atoms with Crippen molar-refractivity contribution >= 4 is 22.7 Å². The molecule has 1 fully saturated rings. The number of thiazole rings is 1. The number of nitrogens with zero attached hydrogens (tertiary/aromatic N) is 2. The summed E-state index contributed by atoms with van der Waals surface area (Å²) in [6, 6.07) is 8.69. The average molecular weight is 303 g/mol. The maximum absolute atomic E-state index is 5.38. The van der Waals surface area contributed by atoms with E-state index in [4.69, 9.17) is 4.74 Å². The number of morpholine rings is 1. The Kier molecular flexibility index (Phi) is 4.72. The quantitative estimate of drug-likeness (QED) is 0.921. The predicted octanol–water partition coefficient (Wildman–Crippen LogP) is 2.94. The van der Waals surface area contributed by atoms with Crippen LogP contribution in [0.5, 0.6) is 0 Å². The van der Waals surface area contributed by atoms with Crippen LogP contribution >= 0.6 is 11.3 Å². The summed E-state index contributed by atoms with van der Waals surface area (Å²) in [5.74, 6) is 0. The predicted molar refractivity (Wildman–Crippen MR) is 88.5 cm³/mol. The molecule has 0 unspecified atom stereocenters. The first-order valence-electron chi connectivity index (χ1n) is 7.38. The monoisotopic (exact) mass is 303 g/mol. The number of rotatable bonds is 5. The SMILES string of the molecule is Cc1ncsc1CCNc1ccc(N2CCOCC2)cc1. The van der Waals surface area contributed by atoms with Crippen molar-refractivity contribution in [3.63, 3.8) is 0 Å². The van der Waals surface area contributed by atoms with Crippen LogP contribution in [0.3, 0.4) is 0 Å². The van der Waals surface area contributed by atoms with E-state index >= 15 is 0 Å². The van der Waals surface area contributed by atoms with Gasteiger partial charge in [-0.1, -0.05) is 0 Å². The molecule has 0 saturated carbocycles. The maximum Gasteiger partial charge on any atom is 0.0797 e. The minimum absolute atomic E-state index is 0.828. The molecule has 1 aliphatic heterocycles. The number of aryl methyl sites for hydroxylation is 1. The molecule has 4 nitrogen and oxygen atoms in total. The maximum atomic E-state index is 5.38. The van der Waals surface area contributed by atoms with Gasteiger partial charge in [-0.05, 0) is 31.2 Å². The second-order valence-electron chi connectivity index (χ2n) is 5.18. The van der Waals surface area contributed by atoms with E-state index < -0.39 is 0 Å². The van der Waals surface area contributed by atoms with Crippen molar-refractivity contribution in [2.24, 2.45) is 0 Å². The lowest BCUT2D eigenvalue weighted by atomic mass is 10.2. The fraction of sp³-hybridized carbons (Fsp3) is 0.438. The Morgan fingerprint density at radius 3 is 2.67 bits per heavy atom. The van der Waals surface area contributed by atoms with Gasteiger partial charge in [-0.3, -0.25) is 0 Å². The van der Waals surface area contributed by atoms with Crippen LogP contribution in [0, 0.1) is 6.92 Å². The molecule has 0 atom stereocenters. The topological polar surface area (TPSA) is 37.4 Å². The second-order valence-corrected chi connectivity index (χ2v) is 6.12. The van der Waals surface area contributed by atoms with Crippen molar-refractivity contribution in [1.82, 2.24) is 4.98 Å². The first kappa shape index (κ1) is 14.4. The van der Waals surface area contributed by atoms with Gasteiger partial charge in [-0.15, -0.1) is 11.3 Å². The number of anilines is 2. The van der Waals surface area contributed by atoms with Crippen molar-refractivity contribution in [2.45, 2.75) is 13.3 Å². The van der Waals surface area contributed by atoms with E-state index in [0.29, 0.717) is 0 Å². The molecule has 0 radical (unpaired) electrons. The van der Waals surface area contributed by atoms with Gasteiger partial charge in [0.2, 0.25) is 0 Å². The number of hydrogen-bond acceptors (Lipinski definition) is 5. The molecule has 2 aromatic rings. The van der Waals surface area contributed by atoms with Crippen LogP contribution < -0.4 is 10.2 Å². The van der Waals surface area contributed by atoms with Crippen LogP contribution in [-0.4, -0.2) is 37.8 Å². The lowest BCUT2D eigenvalue weighted by Crippen LogP contribution is -2.36.